The molecule has 2 aliphatic rings. The number of nitrogens with zero attached hydrogens (tertiary/aromatic N) is 2. The third-order valence-electron chi connectivity index (χ3n) is 4.95. The Morgan fingerprint density at radius 2 is 2.04 bits per heavy atom. The molecule has 0 unspecified atom stereocenters. The topological polar surface area (TPSA) is 80.1 Å². The molecule has 4 rings (SSSR count). The predicted molar refractivity (Wildman–Crippen MR) is 104 cm³/mol. The maximum absolute atomic E-state index is 12.6. The fraction of sp³-hybridized carbons (Fsp3) is 0.350. The Morgan fingerprint density at radius 1 is 1.21 bits per heavy atom. The van der Waals surface area contributed by atoms with Crippen molar-refractivity contribution in [2.75, 3.05) is 23.8 Å². The summed E-state index contributed by atoms with van der Waals surface area (Å²) >= 11 is 1.44. The van der Waals surface area contributed by atoms with Crippen LogP contribution in [0.3, 0.4) is 0 Å². The van der Waals surface area contributed by atoms with Crippen LogP contribution in [-0.4, -0.2) is 47.6 Å². The zero-order valence-electron chi connectivity index (χ0n) is 15.4. The SMILES string of the molecule is CC(=O)N1[C@@H](C(=O)OCC(=O)N2CCc3ccccc32)CS[C@H]1c1ccco1. The van der Waals surface area contributed by atoms with Gasteiger partial charge in [-0.15, -0.1) is 11.8 Å². The molecule has 28 heavy (non-hydrogen) atoms. The van der Waals surface area contributed by atoms with Crippen LogP contribution >= 0.6 is 11.8 Å². The van der Waals surface area contributed by atoms with E-state index in [0.29, 0.717) is 18.1 Å². The normalized spacial score (nSPS) is 20.9. The molecule has 8 heteroatoms. The summed E-state index contributed by atoms with van der Waals surface area (Å²) in [5, 5.41) is -0.369. The second-order valence-electron chi connectivity index (χ2n) is 6.67. The minimum absolute atomic E-state index is 0.242. The number of carbonyl (C=O) groups excluding carboxylic acids is 3. The maximum Gasteiger partial charge on any atom is 0.330 e. The van der Waals surface area contributed by atoms with Gasteiger partial charge in [-0.25, -0.2) is 4.79 Å². The van der Waals surface area contributed by atoms with Gasteiger partial charge in [0, 0.05) is 24.9 Å². The average molecular weight is 400 g/mol. The molecule has 2 amide bonds. The van der Waals surface area contributed by atoms with Crippen LogP contribution in [0.4, 0.5) is 5.69 Å². The Labute approximate surface area is 166 Å². The number of hydrogen-bond acceptors (Lipinski definition) is 6. The summed E-state index contributed by atoms with van der Waals surface area (Å²) in [5.41, 5.74) is 1.97. The Balaban J connectivity index is 1.40. The third-order valence-corrected chi connectivity index (χ3v) is 6.23. The Hall–Kier alpha value is -2.74. The molecule has 0 aliphatic carbocycles. The number of furan rings is 1. The largest absolute Gasteiger partial charge is 0.466 e. The highest BCUT2D eigenvalue weighted by Crippen LogP contribution is 2.41. The maximum atomic E-state index is 12.6. The number of amides is 2. The number of thioether (sulfide) groups is 1. The van der Waals surface area contributed by atoms with E-state index >= 15 is 0 Å². The summed E-state index contributed by atoms with van der Waals surface area (Å²) < 4.78 is 10.7. The van der Waals surface area contributed by atoms with Crippen LogP contribution in [0.25, 0.3) is 0 Å². The molecule has 0 spiro atoms. The van der Waals surface area contributed by atoms with Crippen molar-refractivity contribution in [2.45, 2.75) is 24.8 Å². The molecular formula is C20H20N2O5S. The van der Waals surface area contributed by atoms with E-state index in [0.717, 1.165) is 17.7 Å². The van der Waals surface area contributed by atoms with Gasteiger partial charge in [0.05, 0.1) is 6.26 Å². The second kappa shape index (κ2) is 7.71. The van der Waals surface area contributed by atoms with E-state index in [1.807, 2.05) is 24.3 Å². The fourth-order valence-electron chi connectivity index (χ4n) is 3.63. The molecule has 1 aromatic carbocycles. The van der Waals surface area contributed by atoms with Gasteiger partial charge in [0.25, 0.3) is 5.91 Å². The van der Waals surface area contributed by atoms with E-state index in [1.54, 1.807) is 17.0 Å². The average Bonchev–Trinajstić information content (AvgIpc) is 3.43. The molecule has 0 radical (unpaired) electrons. The minimum atomic E-state index is -0.740. The molecule has 2 atom stereocenters. The van der Waals surface area contributed by atoms with E-state index in [4.69, 9.17) is 9.15 Å². The van der Waals surface area contributed by atoms with Crippen molar-refractivity contribution in [2.24, 2.45) is 0 Å². The number of rotatable bonds is 4. The van der Waals surface area contributed by atoms with Crippen LogP contribution in [0.15, 0.2) is 47.1 Å². The van der Waals surface area contributed by atoms with Crippen molar-refractivity contribution < 1.29 is 23.5 Å². The van der Waals surface area contributed by atoms with Gasteiger partial charge < -0.3 is 19.0 Å². The van der Waals surface area contributed by atoms with E-state index in [2.05, 4.69) is 0 Å². The first-order chi connectivity index (χ1) is 13.6. The standard InChI is InChI=1S/C20H20N2O5S/c1-13(23)22-16(12-28-19(22)17-7-4-10-26-17)20(25)27-11-18(24)21-9-8-14-5-2-3-6-15(14)21/h2-7,10,16,19H,8-9,11-12H2,1H3/t16-,19+/m1/s1. The number of esters is 1. The van der Waals surface area contributed by atoms with Crippen LogP contribution < -0.4 is 4.90 Å². The highest BCUT2D eigenvalue weighted by atomic mass is 32.2. The number of benzene rings is 1. The first-order valence-corrected chi connectivity index (χ1v) is 10.1. The number of para-hydroxylation sites is 1. The summed E-state index contributed by atoms with van der Waals surface area (Å²) in [5.74, 6) is -0.0725. The lowest BCUT2D eigenvalue weighted by Crippen LogP contribution is -2.44. The smallest absolute Gasteiger partial charge is 0.330 e. The fourth-order valence-corrected chi connectivity index (χ4v) is 5.04. The van der Waals surface area contributed by atoms with Gasteiger partial charge in [0.1, 0.15) is 17.2 Å². The van der Waals surface area contributed by atoms with Crippen LogP contribution in [0.2, 0.25) is 0 Å². The number of ether oxygens (including phenoxy) is 1. The summed E-state index contributed by atoms with van der Waals surface area (Å²) in [6.45, 7) is 1.65. The van der Waals surface area contributed by atoms with E-state index in [-0.39, 0.29) is 23.8 Å². The lowest BCUT2D eigenvalue weighted by Gasteiger charge is -2.26. The van der Waals surface area contributed by atoms with E-state index in [1.165, 1.54) is 29.8 Å². The first kappa shape index (κ1) is 18.6. The van der Waals surface area contributed by atoms with Gasteiger partial charge in [0.2, 0.25) is 5.91 Å². The summed E-state index contributed by atoms with van der Waals surface area (Å²) in [6, 6.07) is 10.5. The molecule has 7 nitrogen and oxygen atoms in total. The van der Waals surface area contributed by atoms with Crippen LogP contribution in [0.1, 0.15) is 23.6 Å². The van der Waals surface area contributed by atoms with Crippen molar-refractivity contribution in [3.8, 4) is 0 Å². The predicted octanol–water partition coefficient (Wildman–Crippen LogP) is 2.37. The molecule has 2 aromatic rings. The van der Waals surface area contributed by atoms with Gasteiger partial charge in [-0.2, -0.15) is 0 Å². The van der Waals surface area contributed by atoms with Gasteiger partial charge >= 0.3 is 5.97 Å². The van der Waals surface area contributed by atoms with Crippen LogP contribution in [-0.2, 0) is 25.5 Å². The highest BCUT2D eigenvalue weighted by Gasteiger charge is 2.43. The molecular weight excluding hydrogens is 380 g/mol. The van der Waals surface area contributed by atoms with Crippen molar-refractivity contribution >= 4 is 35.2 Å². The minimum Gasteiger partial charge on any atom is -0.466 e. The van der Waals surface area contributed by atoms with Crippen LogP contribution in [0.5, 0.6) is 0 Å². The van der Waals surface area contributed by atoms with E-state index < -0.39 is 12.0 Å². The Bertz CT molecular complexity index is 898. The van der Waals surface area contributed by atoms with Crippen molar-refractivity contribution in [1.82, 2.24) is 4.90 Å². The number of hydrogen-bond donors (Lipinski definition) is 0. The summed E-state index contributed by atoms with van der Waals surface area (Å²) in [4.78, 5) is 40.4. The number of carbonyl (C=O) groups is 3. The lowest BCUT2D eigenvalue weighted by atomic mass is 10.2. The zero-order chi connectivity index (χ0) is 19.7. The quantitative estimate of drug-likeness (QED) is 0.733. The molecule has 0 bridgehead atoms. The molecule has 0 N–H and O–H groups in total. The highest BCUT2D eigenvalue weighted by molar-refractivity contribution is 7.99. The van der Waals surface area contributed by atoms with Gasteiger partial charge in [-0.05, 0) is 30.2 Å². The lowest BCUT2D eigenvalue weighted by molar-refractivity contribution is -0.155. The number of anilines is 1. The first-order valence-electron chi connectivity index (χ1n) is 9.05. The molecule has 1 aromatic heterocycles. The zero-order valence-corrected chi connectivity index (χ0v) is 16.2. The monoisotopic (exact) mass is 400 g/mol. The van der Waals surface area contributed by atoms with Crippen molar-refractivity contribution in [1.29, 1.82) is 0 Å². The number of fused-ring (bicyclic) bond motifs is 1. The summed E-state index contributed by atoms with van der Waals surface area (Å²) in [7, 11) is 0. The summed E-state index contributed by atoms with van der Waals surface area (Å²) in [6.07, 6.45) is 2.32. The second-order valence-corrected chi connectivity index (χ2v) is 7.79. The van der Waals surface area contributed by atoms with Crippen LogP contribution in [0, 0.1) is 0 Å². The molecule has 1 fully saturated rings. The van der Waals surface area contributed by atoms with Crippen molar-refractivity contribution in [3.63, 3.8) is 0 Å². The molecule has 1 saturated heterocycles. The molecule has 146 valence electrons. The molecule has 2 aliphatic heterocycles. The van der Waals surface area contributed by atoms with Gasteiger partial charge in [0.15, 0.2) is 6.61 Å². The Kier molecular flexibility index (Phi) is 5.13. The molecule has 0 saturated carbocycles. The van der Waals surface area contributed by atoms with Gasteiger partial charge in [-0.1, -0.05) is 18.2 Å². The Morgan fingerprint density at radius 3 is 2.79 bits per heavy atom. The van der Waals surface area contributed by atoms with E-state index in [9.17, 15) is 14.4 Å². The molecule has 3 heterocycles. The third kappa shape index (κ3) is 3.40. The van der Waals surface area contributed by atoms with Crippen molar-refractivity contribution in [3.05, 3.63) is 54.0 Å². The van der Waals surface area contributed by atoms with Gasteiger partial charge in [-0.3, -0.25) is 9.59 Å².